The van der Waals surface area contributed by atoms with Crippen LogP contribution in [0.3, 0.4) is 0 Å². The van der Waals surface area contributed by atoms with Gasteiger partial charge in [-0.3, -0.25) is 9.69 Å². The molecule has 1 aliphatic rings. The molecule has 1 aliphatic carbocycles. The number of aryl methyl sites for hydroxylation is 2. The zero-order valence-electron chi connectivity index (χ0n) is 41.9. The number of carbonyl (C=O) groups excluding carboxylic acids is 1. The molecule has 5 aromatic carbocycles. The number of carbonyl (C=O) groups is 2. The van der Waals surface area contributed by atoms with Crippen molar-refractivity contribution in [2.45, 2.75) is 135 Å². The van der Waals surface area contributed by atoms with Crippen LogP contribution in [0.1, 0.15) is 102 Å². The van der Waals surface area contributed by atoms with Crippen molar-refractivity contribution >= 4 is 37.1 Å². The maximum atomic E-state index is 13.1. The minimum atomic E-state index is -2.21. The topological polar surface area (TPSA) is 162 Å². The minimum Gasteiger partial charge on any atom is -0.506 e. The molecule has 0 aliphatic heterocycles. The molecule has 7 rings (SSSR count). The van der Waals surface area contributed by atoms with Crippen LogP contribution in [0.2, 0.25) is 18.1 Å². The molecule has 0 spiro atoms. The van der Waals surface area contributed by atoms with Gasteiger partial charge in [-0.25, -0.2) is 9.59 Å². The smallest absolute Gasteiger partial charge is 0.412 e. The quantitative estimate of drug-likeness (QED) is 0.0560. The molecule has 1 saturated carbocycles. The van der Waals surface area contributed by atoms with Crippen LogP contribution in [0.25, 0.3) is 22.0 Å². The molecular weight excluding hydrogens is 897 g/mol. The number of alkyl carbamates (subject to hydrolysis) is 1. The summed E-state index contributed by atoms with van der Waals surface area (Å²) < 4.78 is 18.7. The van der Waals surface area contributed by atoms with Crippen LogP contribution >= 0.6 is 0 Å². The molecule has 1 fully saturated rings. The molecule has 0 saturated heterocycles. The molecule has 0 unspecified atom stereocenters. The summed E-state index contributed by atoms with van der Waals surface area (Å²) in [6.45, 7) is 17.7. The third-order valence-corrected chi connectivity index (χ3v) is 18.1. The molecule has 5 N–H and O–H groups in total. The average Bonchev–Trinajstić information content (AvgIpc) is 3.30. The van der Waals surface area contributed by atoms with Gasteiger partial charge in [0.2, 0.25) is 5.56 Å². The van der Waals surface area contributed by atoms with Crippen LogP contribution < -0.4 is 25.8 Å². The first-order chi connectivity index (χ1) is 33.2. The Kier molecular flexibility index (Phi) is 16.3. The first-order valence-electron chi connectivity index (χ1n) is 24.5. The van der Waals surface area contributed by atoms with Gasteiger partial charge in [-0.05, 0) is 154 Å². The summed E-state index contributed by atoms with van der Waals surface area (Å²) in [7, 11) is -2.21. The van der Waals surface area contributed by atoms with E-state index in [1.165, 1.54) is 11.6 Å². The fraction of sp³-hybridized carbons (Fsp3) is 0.386. The monoisotopic (exact) mass is 966 g/mol. The van der Waals surface area contributed by atoms with Crippen molar-refractivity contribution in [3.05, 3.63) is 154 Å². The molecular formula is C57H70N4O8Si. The number of H-pyrrole nitrogens is 1. The highest BCUT2D eigenvalue weighted by Crippen LogP contribution is 2.42. The Morgan fingerprint density at radius 2 is 1.41 bits per heavy atom. The predicted octanol–water partition coefficient (Wildman–Crippen LogP) is 13.0. The number of aromatic nitrogens is 1. The van der Waals surface area contributed by atoms with Gasteiger partial charge in [-0.15, -0.1) is 0 Å². The first-order valence-corrected chi connectivity index (χ1v) is 27.4. The second-order valence-electron chi connectivity index (χ2n) is 21.0. The van der Waals surface area contributed by atoms with Crippen LogP contribution in [0, 0.1) is 0 Å². The lowest BCUT2D eigenvalue weighted by Crippen LogP contribution is -2.47. The summed E-state index contributed by atoms with van der Waals surface area (Å²) in [4.78, 5) is 42.0. The second-order valence-corrected chi connectivity index (χ2v) is 25.8. The molecule has 13 heteroatoms. The highest BCUT2D eigenvalue weighted by Gasteiger charge is 2.40. The Labute approximate surface area is 413 Å². The summed E-state index contributed by atoms with van der Waals surface area (Å²) in [5.41, 5.74) is 6.32. The van der Waals surface area contributed by atoms with Crippen molar-refractivity contribution in [3.63, 3.8) is 0 Å². The maximum absolute atomic E-state index is 13.1. The SMILES string of the molecule is CC(C)(C)OC(=O)N[C@H]1CC[C@H](N(C(=O)O)c2cc(CCCc3ccc(Oc4ccc(CNC[C@H](O[Si](C)(C)C(C)(C)C)c5ccc(O)c6[nH]c(=O)ccc56)cc4)cc3)ccc2-c2ccccc2)CC1. The van der Waals surface area contributed by atoms with E-state index in [2.05, 4.69) is 73.7 Å². The Hall–Kier alpha value is -6.41. The van der Waals surface area contributed by atoms with E-state index in [9.17, 15) is 24.6 Å². The van der Waals surface area contributed by atoms with E-state index in [1.54, 1.807) is 17.0 Å². The number of phenols is 1. The number of nitrogens with one attached hydrogen (secondary N) is 3. The number of benzene rings is 5. The predicted molar refractivity (Wildman–Crippen MR) is 282 cm³/mol. The third-order valence-electron chi connectivity index (χ3n) is 13.6. The fourth-order valence-corrected chi connectivity index (χ4v) is 10.1. The van der Waals surface area contributed by atoms with Crippen LogP contribution in [-0.2, 0) is 28.5 Å². The number of phenolic OH excluding ortho intramolecular Hbond substituents is 1. The molecule has 70 heavy (non-hydrogen) atoms. The van der Waals surface area contributed by atoms with Gasteiger partial charge in [-0.2, -0.15) is 0 Å². The van der Waals surface area contributed by atoms with E-state index in [1.807, 2.05) is 99.6 Å². The van der Waals surface area contributed by atoms with Gasteiger partial charge in [0.15, 0.2) is 8.32 Å². The third kappa shape index (κ3) is 13.5. The molecule has 0 bridgehead atoms. The zero-order chi connectivity index (χ0) is 50.2. The van der Waals surface area contributed by atoms with Gasteiger partial charge in [0.1, 0.15) is 22.8 Å². The largest absolute Gasteiger partial charge is 0.506 e. The normalized spacial score (nSPS) is 15.8. The van der Waals surface area contributed by atoms with Crippen molar-refractivity contribution in [2.75, 3.05) is 11.4 Å². The van der Waals surface area contributed by atoms with Crippen molar-refractivity contribution in [2.24, 2.45) is 0 Å². The van der Waals surface area contributed by atoms with Crippen molar-refractivity contribution in [1.29, 1.82) is 0 Å². The van der Waals surface area contributed by atoms with E-state index in [-0.39, 0.29) is 34.5 Å². The zero-order valence-corrected chi connectivity index (χ0v) is 42.9. The van der Waals surface area contributed by atoms with Gasteiger partial charge < -0.3 is 39.7 Å². The number of rotatable bonds is 17. The fourth-order valence-electron chi connectivity index (χ4n) is 8.87. The second kappa shape index (κ2) is 22.1. The lowest BCUT2D eigenvalue weighted by molar-refractivity contribution is 0.0490. The number of ether oxygens (including phenoxy) is 2. The van der Waals surface area contributed by atoms with E-state index < -0.39 is 26.1 Å². The summed E-state index contributed by atoms with van der Waals surface area (Å²) in [6.07, 6.45) is 3.33. The number of carboxylic acid groups (broad SMARTS) is 1. The Morgan fingerprint density at radius 3 is 2.04 bits per heavy atom. The lowest BCUT2D eigenvalue weighted by Gasteiger charge is -2.39. The minimum absolute atomic E-state index is 0.0203. The number of hydrogen-bond donors (Lipinski definition) is 5. The highest BCUT2D eigenvalue weighted by atomic mass is 28.4. The average molecular weight is 967 g/mol. The van der Waals surface area contributed by atoms with E-state index in [4.69, 9.17) is 13.9 Å². The highest BCUT2D eigenvalue weighted by molar-refractivity contribution is 6.74. The molecule has 0 radical (unpaired) electrons. The van der Waals surface area contributed by atoms with E-state index >= 15 is 0 Å². The molecule has 370 valence electrons. The molecule has 6 aromatic rings. The number of amides is 2. The lowest BCUT2D eigenvalue weighted by atomic mass is 9.89. The summed E-state index contributed by atoms with van der Waals surface area (Å²) in [5.74, 6) is 1.50. The van der Waals surface area contributed by atoms with Crippen LogP contribution in [0.5, 0.6) is 17.2 Å². The van der Waals surface area contributed by atoms with Gasteiger partial charge in [-0.1, -0.05) is 93.6 Å². The number of aromatic amines is 1. The Balaban J connectivity index is 0.942. The van der Waals surface area contributed by atoms with Crippen LogP contribution in [-0.4, -0.2) is 59.9 Å². The molecule has 1 aromatic heterocycles. The van der Waals surface area contributed by atoms with Crippen LogP contribution in [0.15, 0.2) is 126 Å². The van der Waals surface area contributed by atoms with Gasteiger partial charge in [0.05, 0.1) is 17.3 Å². The van der Waals surface area contributed by atoms with Gasteiger partial charge in [0.25, 0.3) is 0 Å². The number of hydrogen-bond acceptors (Lipinski definition) is 8. The van der Waals surface area contributed by atoms with E-state index in [0.717, 1.165) is 64.0 Å². The van der Waals surface area contributed by atoms with Crippen molar-refractivity contribution in [1.82, 2.24) is 15.6 Å². The Morgan fingerprint density at radius 1 is 0.786 bits per heavy atom. The summed E-state index contributed by atoms with van der Waals surface area (Å²) in [6, 6.07) is 38.8. The number of anilines is 1. The molecule has 12 nitrogen and oxygen atoms in total. The summed E-state index contributed by atoms with van der Waals surface area (Å²) in [5, 5.41) is 28.6. The standard InChI is InChI=1S/C57H70N4O8Si/c1-56(2,3)68-54(64)59-42-22-24-43(25-23-42)61(55(65)66)49-35-39(21-30-46(49)41-15-10-9-11-16-41)14-12-13-38-17-26-44(27-18-38)67-45-28-19-40(20-29-45)36-58-37-51(69-70(7,8)57(4,5)6)47-31-33-50(62)53-48(47)32-34-52(63)60-53/h9-11,15-21,26-35,42-43,51,58,62H,12-14,22-25,36-37H2,1-8H3,(H,59,64)(H,60,63)(H,65,66)/t42-,43-,51-/m0/s1. The van der Waals surface area contributed by atoms with Crippen LogP contribution in [0.4, 0.5) is 15.3 Å². The molecule has 2 amide bonds. The number of fused-ring (bicyclic) bond motifs is 1. The van der Waals surface area contributed by atoms with Gasteiger partial charge in [0, 0.05) is 42.2 Å². The number of pyridine rings is 1. The molecule has 1 atom stereocenters. The maximum Gasteiger partial charge on any atom is 0.412 e. The first kappa shape index (κ1) is 51.4. The number of aromatic hydroxyl groups is 1. The number of nitrogens with zero attached hydrogens (tertiary/aromatic N) is 1. The van der Waals surface area contributed by atoms with Gasteiger partial charge >= 0.3 is 12.2 Å². The van der Waals surface area contributed by atoms with Crippen molar-refractivity contribution in [3.8, 4) is 28.4 Å². The molecule has 1 heterocycles. The summed E-state index contributed by atoms with van der Waals surface area (Å²) >= 11 is 0. The Bertz CT molecular complexity index is 2770. The van der Waals surface area contributed by atoms with E-state index in [0.29, 0.717) is 50.0 Å². The van der Waals surface area contributed by atoms with Crippen molar-refractivity contribution < 1.29 is 33.7 Å².